The fraction of sp³-hybridized carbons (Fsp3) is 0.333. The van der Waals surface area contributed by atoms with Crippen LogP contribution in [0.3, 0.4) is 0 Å². The zero-order valence-electron chi connectivity index (χ0n) is 8.73. The largest absolute Gasteiger partial charge is 0.359 e. The lowest BCUT2D eigenvalue weighted by molar-refractivity contribution is 0.913. The van der Waals surface area contributed by atoms with Gasteiger partial charge in [0.25, 0.3) is 0 Å². The topological polar surface area (TPSA) is 12.0 Å². The molecule has 0 spiro atoms. The van der Waals surface area contributed by atoms with Gasteiger partial charge >= 0.3 is 0 Å². The molecule has 1 N–H and O–H groups in total. The molecule has 0 aliphatic rings. The minimum Gasteiger partial charge on any atom is -0.359 e. The van der Waals surface area contributed by atoms with Crippen molar-refractivity contribution in [3.05, 3.63) is 40.5 Å². The van der Waals surface area contributed by atoms with Crippen LogP contribution in [0, 0.1) is 6.92 Å². The molecule has 0 aliphatic carbocycles. The first kappa shape index (κ1) is 11.3. The summed E-state index contributed by atoms with van der Waals surface area (Å²) in [5.74, 6) is 0. The van der Waals surface area contributed by atoms with E-state index >= 15 is 0 Å². The number of hydrogen-bond donors (Lipinski definition) is 1. The van der Waals surface area contributed by atoms with E-state index < -0.39 is 0 Å². The minimum atomic E-state index is 1.02. The minimum absolute atomic E-state index is 1.02. The van der Waals surface area contributed by atoms with Crippen molar-refractivity contribution in [1.29, 1.82) is 0 Å². The average Bonchev–Trinajstić information content (AvgIpc) is 2.12. The van der Waals surface area contributed by atoms with Crippen LogP contribution in [0.1, 0.15) is 25.3 Å². The molecule has 0 radical (unpaired) electrons. The molecule has 0 aliphatic heterocycles. The summed E-state index contributed by atoms with van der Waals surface area (Å²) < 4.78 is 1.13. The summed E-state index contributed by atoms with van der Waals surface area (Å²) in [6, 6.07) is 6.24. The first-order valence-corrected chi connectivity index (χ1v) is 5.63. The van der Waals surface area contributed by atoms with E-state index in [-0.39, 0.29) is 0 Å². The summed E-state index contributed by atoms with van der Waals surface area (Å²) in [6.07, 6.45) is 2.14. The number of anilines is 1. The van der Waals surface area contributed by atoms with Crippen LogP contribution in [-0.4, -0.2) is 0 Å². The molecule has 0 bridgehead atoms. The Morgan fingerprint density at radius 1 is 1.50 bits per heavy atom. The highest BCUT2D eigenvalue weighted by molar-refractivity contribution is 9.10. The number of halogens is 1. The van der Waals surface area contributed by atoms with Gasteiger partial charge in [-0.3, -0.25) is 0 Å². The van der Waals surface area contributed by atoms with E-state index in [4.69, 9.17) is 0 Å². The smallest absolute Gasteiger partial charge is 0.0393 e. The summed E-state index contributed by atoms with van der Waals surface area (Å²) >= 11 is 3.51. The molecule has 14 heavy (non-hydrogen) atoms. The molecule has 0 heterocycles. The van der Waals surface area contributed by atoms with Crippen LogP contribution in [0.5, 0.6) is 0 Å². The van der Waals surface area contributed by atoms with Crippen LogP contribution < -0.4 is 5.32 Å². The number of allylic oxidation sites excluding steroid dienone is 1. The molecule has 1 aromatic rings. The lowest BCUT2D eigenvalue weighted by atomic mass is 10.2. The van der Waals surface area contributed by atoms with Crippen molar-refractivity contribution < 1.29 is 0 Å². The molecule has 1 rings (SSSR count). The van der Waals surface area contributed by atoms with Gasteiger partial charge in [-0.1, -0.05) is 41.9 Å². The number of hydrogen-bond acceptors (Lipinski definition) is 1. The maximum atomic E-state index is 3.97. The molecule has 76 valence electrons. The van der Waals surface area contributed by atoms with Crippen LogP contribution in [0.15, 0.2) is 34.9 Å². The highest BCUT2D eigenvalue weighted by Crippen LogP contribution is 2.21. The third-order valence-corrected chi connectivity index (χ3v) is 2.90. The fourth-order valence-corrected chi connectivity index (χ4v) is 1.62. The zero-order valence-corrected chi connectivity index (χ0v) is 10.3. The number of benzene rings is 1. The quantitative estimate of drug-likeness (QED) is 0.835. The van der Waals surface area contributed by atoms with Crippen molar-refractivity contribution in [2.45, 2.75) is 26.7 Å². The van der Waals surface area contributed by atoms with Gasteiger partial charge < -0.3 is 5.32 Å². The van der Waals surface area contributed by atoms with E-state index in [2.05, 4.69) is 59.9 Å². The SMILES string of the molecule is C=C(CCC)Nc1ccc(C)c(Br)c1. The van der Waals surface area contributed by atoms with Crippen molar-refractivity contribution in [2.24, 2.45) is 0 Å². The molecule has 1 nitrogen and oxygen atoms in total. The molecular formula is C12H16BrN. The Morgan fingerprint density at radius 3 is 2.79 bits per heavy atom. The maximum absolute atomic E-state index is 3.97. The molecule has 0 fully saturated rings. The van der Waals surface area contributed by atoms with Crippen LogP contribution in [0.2, 0.25) is 0 Å². The standard InChI is InChI=1S/C12H16BrN/c1-4-5-10(3)14-11-7-6-9(2)12(13)8-11/h6-8,14H,3-5H2,1-2H3. The van der Waals surface area contributed by atoms with Gasteiger partial charge in [-0.15, -0.1) is 0 Å². The molecule has 0 aromatic heterocycles. The van der Waals surface area contributed by atoms with E-state index in [0.29, 0.717) is 0 Å². The highest BCUT2D eigenvalue weighted by Gasteiger charge is 1.98. The van der Waals surface area contributed by atoms with Crippen LogP contribution in [0.25, 0.3) is 0 Å². The first-order valence-electron chi connectivity index (χ1n) is 4.84. The lowest BCUT2D eigenvalue weighted by Crippen LogP contribution is -1.97. The summed E-state index contributed by atoms with van der Waals surface area (Å²) in [5, 5.41) is 3.29. The van der Waals surface area contributed by atoms with Crippen LogP contribution in [-0.2, 0) is 0 Å². The first-order chi connectivity index (χ1) is 6.63. The Hall–Kier alpha value is -0.760. The van der Waals surface area contributed by atoms with Gasteiger partial charge in [0.05, 0.1) is 0 Å². The molecule has 2 heteroatoms. The van der Waals surface area contributed by atoms with Gasteiger partial charge in [0.1, 0.15) is 0 Å². The average molecular weight is 254 g/mol. The Balaban J connectivity index is 2.68. The van der Waals surface area contributed by atoms with Crippen molar-refractivity contribution in [3.8, 4) is 0 Å². The summed E-state index contributed by atoms with van der Waals surface area (Å²) in [5.41, 5.74) is 3.42. The van der Waals surface area contributed by atoms with E-state index in [1.165, 1.54) is 5.56 Å². The molecule has 0 saturated heterocycles. The molecule has 0 amide bonds. The van der Waals surface area contributed by atoms with Crippen molar-refractivity contribution in [1.82, 2.24) is 0 Å². The van der Waals surface area contributed by atoms with E-state index in [0.717, 1.165) is 28.7 Å². The van der Waals surface area contributed by atoms with E-state index in [9.17, 15) is 0 Å². The number of nitrogens with one attached hydrogen (secondary N) is 1. The molecule has 1 aromatic carbocycles. The third-order valence-electron chi connectivity index (χ3n) is 2.04. The van der Waals surface area contributed by atoms with Gasteiger partial charge in [0.15, 0.2) is 0 Å². The van der Waals surface area contributed by atoms with Gasteiger partial charge in [-0.2, -0.15) is 0 Å². The lowest BCUT2D eigenvalue weighted by Gasteiger charge is -2.09. The van der Waals surface area contributed by atoms with Crippen molar-refractivity contribution in [2.75, 3.05) is 5.32 Å². The Bertz CT molecular complexity index is 331. The summed E-state index contributed by atoms with van der Waals surface area (Å²) in [4.78, 5) is 0. The summed E-state index contributed by atoms with van der Waals surface area (Å²) in [6.45, 7) is 8.19. The predicted octanol–water partition coefficient (Wildman–Crippen LogP) is 4.48. The van der Waals surface area contributed by atoms with Gasteiger partial charge in [-0.05, 0) is 31.0 Å². The van der Waals surface area contributed by atoms with Gasteiger partial charge in [-0.25, -0.2) is 0 Å². The number of rotatable bonds is 4. The molecule has 0 atom stereocenters. The second-order valence-corrected chi connectivity index (χ2v) is 4.30. The predicted molar refractivity (Wildman–Crippen MR) is 66.5 cm³/mol. The Labute approximate surface area is 94.3 Å². The van der Waals surface area contributed by atoms with E-state index in [1.807, 2.05) is 0 Å². The third kappa shape index (κ3) is 3.18. The second kappa shape index (κ2) is 5.20. The van der Waals surface area contributed by atoms with Crippen LogP contribution >= 0.6 is 15.9 Å². The summed E-state index contributed by atoms with van der Waals surface area (Å²) in [7, 11) is 0. The zero-order chi connectivity index (χ0) is 10.6. The van der Waals surface area contributed by atoms with Gasteiger partial charge in [0.2, 0.25) is 0 Å². The monoisotopic (exact) mass is 253 g/mol. The fourth-order valence-electron chi connectivity index (χ4n) is 1.24. The molecule has 0 unspecified atom stereocenters. The highest BCUT2D eigenvalue weighted by atomic mass is 79.9. The van der Waals surface area contributed by atoms with Crippen molar-refractivity contribution in [3.63, 3.8) is 0 Å². The van der Waals surface area contributed by atoms with Gasteiger partial charge in [0, 0.05) is 15.9 Å². The Kier molecular flexibility index (Phi) is 4.21. The number of aryl methyl sites for hydroxylation is 1. The Morgan fingerprint density at radius 2 is 2.21 bits per heavy atom. The van der Waals surface area contributed by atoms with E-state index in [1.54, 1.807) is 0 Å². The second-order valence-electron chi connectivity index (χ2n) is 3.44. The molecule has 0 saturated carbocycles. The normalized spacial score (nSPS) is 9.93. The molecular weight excluding hydrogens is 238 g/mol. The van der Waals surface area contributed by atoms with Crippen molar-refractivity contribution >= 4 is 21.6 Å². The maximum Gasteiger partial charge on any atom is 0.0393 e. The van der Waals surface area contributed by atoms with Crippen LogP contribution in [0.4, 0.5) is 5.69 Å².